The number of benzene rings is 1. The van der Waals surface area contributed by atoms with Crippen LogP contribution >= 0.6 is 36.4 Å². The Labute approximate surface area is 165 Å². The molecule has 1 unspecified atom stereocenters. The van der Waals surface area contributed by atoms with Gasteiger partial charge >= 0.3 is 0 Å². The van der Waals surface area contributed by atoms with Crippen molar-refractivity contribution in [1.82, 2.24) is 15.1 Å². The average molecular weight is 413 g/mol. The molecule has 3 rings (SSSR count). The fourth-order valence-electron chi connectivity index (χ4n) is 3.34. The van der Waals surface area contributed by atoms with Crippen molar-refractivity contribution in [2.75, 3.05) is 39.3 Å². The number of piperidine rings is 1. The molecule has 1 N–H and O–H groups in total. The summed E-state index contributed by atoms with van der Waals surface area (Å²) in [6.45, 7) is 5.72. The average Bonchev–Trinajstić information content (AvgIpc) is 2.58. The van der Waals surface area contributed by atoms with Gasteiger partial charge in [-0.3, -0.25) is 9.69 Å². The van der Waals surface area contributed by atoms with E-state index in [4.69, 9.17) is 11.6 Å². The van der Waals surface area contributed by atoms with Crippen molar-refractivity contribution in [2.24, 2.45) is 5.92 Å². The minimum Gasteiger partial charge on any atom is -0.340 e. The zero-order valence-electron chi connectivity index (χ0n) is 14.0. The van der Waals surface area contributed by atoms with Gasteiger partial charge in [-0.15, -0.1) is 24.8 Å². The summed E-state index contributed by atoms with van der Waals surface area (Å²) in [6, 6.07) is 4.53. The highest BCUT2D eigenvalue weighted by atomic mass is 35.5. The highest BCUT2D eigenvalue weighted by Gasteiger charge is 2.28. The Morgan fingerprint density at radius 1 is 1.24 bits per heavy atom. The molecule has 0 bridgehead atoms. The quantitative estimate of drug-likeness (QED) is 0.829. The lowest BCUT2D eigenvalue weighted by atomic mass is 9.98. The molecule has 1 aromatic rings. The third kappa shape index (κ3) is 5.97. The topological polar surface area (TPSA) is 35.6 Å². The number of amides is 1. The molecule has 25 heavy (non-hydrogen) atoms. The molecule has 2 saturated heterocycles. The van der Waals surface area contributed by atoms with Gasteiger partial charge in [-0.2, -0.15) is 0 Å². The Kier molecular flexibility index (Phi) is 9.46. The summed E-state index contributed by atoms with van der Waals surface area (Å²) >= 11 is 6.09. The summed E-state index contributed by atoms with van der Waals surface area (Å²) < 4.78 is 13.1. The van der Waals surface area contributed by atoms with E-state index in [9.17, 15) is 9.18 Å². The molecule has 2 aliphatic rings. The molecular weight excluding hydrogens is 388 g/mol. The molecule has 0 saturated carbocycles. The van der Waals surface area contributed by atoms with Crippen LogP contribution in [0.4, 0.5) is 4.39 Å². The maximum absolute atomic E-state index is 13.1. The fraction of sp³-hybridized carbons (Fsp3) is 0.588. The lowest BCUT2D eigenvalue weighted by Crippen LogP contribution is -2.51. The van der Waals surface area contributed by atoms with Crippen LogP contribution in [-0.4, -0.2) is 55.0 Å². The highest BCUT2D eigenvalue weighted by Crippen LogP contribution is 2.20. The molecule has 2 aliphatic heterocycles. The molecule has 0 aliphatic carbocycles. The standard InChI is InChI=1S/C17H23ClFN3O.2ClH/c18-16-10-15(19)4-3-14(16)12-21-6-8-22(9-7-21)17(23)13-2-1-5-20-11-13;;/h3-4,10,13,20H,1-2,5-9,11-12H2;2*1H. The third-order valence-corrected chi connectivity index (χ3v) is 5.09. The lowest BCUT2D eigenvalue weighted by Gasteiger charge is -2.37. The van der Waals surface area contributed by atoms with Crippen molar-refractivity contribution in [3.05, 3.63) is 34.6 Å². The van der Waals surface area contributed by atoms with Crippen LogP contribution in [0.25, 0.3) is 0 Å². The Hall–Kier alpha value is -0.590. The lowest BCUT2D eigenvalue weighted by molar-refractivity contribution is -0.137. The first-order chi connectivity index (χ1) is 11.1. The van der Waals surface area contributed by atoms with Crippen LogP contribution in [0.3, 0.4) is 0 Å². The third-order valence-electron chi connectivity index (χ3n) is 4.74. The molecule has 0 spiro atoms. The highest BCUT2D eigenvalue weighted by molar-refractivity contribution is 6.31. The Bertz CT molecular complexity index is 562. The van der Waals surface area contributed by atoms with Crippen molar-refractivity contribution < 1.29 is 9.18 Å². The van der Waals surface area contributed by atoms with Gasteiger partial charge in [0.25, 0.3) is 0 Å². The summed E-state index contributed by atoms with van der Waals surface area (Å²) in [5, 5.41) is 3.77. The van der Waals surface area contributed by atoms with E-state index in [2.05, 4.69) is 10.2 Å². The molecule has 142 valence electrons. The largest absolute Gasteiger partial charge is 0.340 e. The second-order valence-corrected chi connectivity index (χ2v) is 6.79. The number of rotatable bonds is 3. The van der Waals surface area contributed by atoms with Crippen LogP contribution in [0.1, 0.15) is 18.4 Å². The molecule has 8 heteroatoms. The normalized spacial score (nSPS) is 21.2. The summed E-state index contributed by atoms with van der Waals surface area (Å²) in [4.78, 5) is 16.8. The number of hydrogen-bond acceptors (Lipinski definition) is 3. The number of nitrogens with one attached hydrogen (secondary N) is 1. The van der Waals surface area contributed by atoms with Gasteiger partial charge in [-0.05, 0) is 37.1 Å². The summed E-state index contributed by atoms with van der Waals surface area (Å²) in [6.07, 6.45) is 2.08. The van der Waals surface area contributed by atoms with Gasteiger partial charge in [-0.1, -0.05) is 17.7 Å². The van der Waals surface area contributed by atoms with Crippen LogP contribution < -0.4 is 5.32 Å². The molecule has 0 radical (unpaired) electrons. The number of piperazine rings is 1. The monoisotopic (exact) mass is 411 g/mol. The molecule has 4 nitrogen and oxygen atoms in total. The van der Waals surface area contributed by atoms with Gasteiger partial charge in [-0.25, -0.2) is 4.39 Å². The van der Waals surface area contributed by atoms with E-state index < -0.39 is 0 Å². The molecule has 1 atom stereocenters. The van der Waals surface area contributed by atoms with Gasteiger partial charge in [0.15, 0.2) is 0 Å². The van der Waals surface area contributed by atoms with E-state index in [1.807, 2.05) is 4.90 Å². The zero-order chi connectivity index (χ0) is 16.2. The van der Waals surface area contributed by atoms with Gasteiger partial charge in [0.2, 0.25) is 5.91 Å². The fourth-order valence-corrected chi connectivity index (χ4v) is 3.56. The van der Waals surface area contributed by atoms with Crippen LogP contribution in [0.2, 0.25) is 5.02 Å². The number of hydrogen-bond donors (Lipinski definition) is 1. The SMILES string of the molecule is Cl.Cl.O=C(C1CCCNC1)N1CCN(Cc2ccc(F)cc2Cl)CC1. The van der Waals surface area contributed by atoms with E-state index in [-0.39, 0.29) is 42.5 Å². The zero-order valence-corrected chi connectivity index (χ0v) is 16.4. The van der Waals surface area contributed by atoms with Crippen LogP contribution in [0, 0.1) is 11.7 Å². The number of halogens is 4. The van der Waals surface area contributed by atoms with E-state index in [1.54, 1.807) is 6.07 Å². The first-order valence-corrected chi connectivity index (χ1v) is 8.67. The first-order valence-electron chi connectivity index (χ1n) is 8.29. The smallest absolute Gasteiger partial charge is 0.227 e. The maximum Gasteiger partial charge on any atom is 0.227 e. The van der Waals surface area contributed by atoms with Crippen molar-refractivity contribution >= 4 is 42.3 Å². The van der Waals surface area contributed by atoms with Gasteiger partial charge in [0.05, 0.1) is 5.92 Å². The minimum atomic E-state index is -0.310. The minimum absolute atomic E-state index is 0. The van der Waals surface area contributed by atoms with Crippen LogP contribution in [0.15, 0.2) is 18.2 Å². The predicted molar refractivity (Wildman–Crippen MR) is 103 cm³/mol. The second-order valence-electron chi connectivity index (χ2n) is 6.38. The van der Waals surface area contributed by atoms with E-state index in [0.717, 1.165) is 57.7 Å². The van der Waals surface area contributed by atoms with E-state index >= 15 is 0 Å². The summed E-state index contributed by atoms with van der Waals surface area (Å²) in [7, 11) is 0. The number of carbonyl (C=O) groups is 1. The van der Waals surface area contributed by atoms with Gasteiger partial charge in [0, 0.05) is 44.3 Å². The van der Waals surface area contributed by atoms with Crippen LogP contribution in [0.5, 0.6) is 0 Å². The first kappa shape index (κ1) is 22.5. The van der Waals surface area contributed by atoms with Crippen molar-refractivity contribution in [3.63, 3.8) is 0 Å². The Morgan fingerprint density at radius 3 is 2.56 bits per heavy atom. The Balaban J connectivity index is 0.00000156. The second kappa shape index (κ2) is 10.5. The number of nitrogens with zero attached hydrogens (tertiary/aromatic N) is 2. The Morgan fingerprint density at radius 2 is 1.96 bits per heavy atom. The summed E-state index contributed by atoms with van der Waals surface area (Å²) in [5.41, 5.74) is 0.935. The van der Waals surface area contributed by atoms with Crippen molar-refractivity contribution in [3.8, 4) is 0 Å². The molecular formula is C17H25Cl3FN3O. The van der Waals surface area contributed by atoms with E-state index in [0.29, 0.717) is 11.6 Å². The van der Waals surface area contributed by atoms with Gasteiger partial charge in [0.1, 0.15) is 5.82 Å². The van der Waals surface area contributed by atoms with Crippen LogP contribution in [-0.2, 0) is 11.3 Å². The van der Waals surface area contributed by atoms with E-state index in [1.165, 1.54) is 12.1 Å². The molecule has 2 fully saturated rings. The molecule has 2 heterocycles. The predicted octanol–water partition coefficient (Wildman–Crippen LogP) is 2.97. The van der Waals surface area contributed by atoms with Gasteiger partial charge < -0.3 is 10.2 Å². The number of carbonyl (C=O) groups excluding carboxylic acids is 1. The van der Waals surface area contributed by atoms with Crippen molar-refractivity contribution in [1.29, 1.82) is 0 Å². The molecule has 1 aromatic carbocycles. The molecule has 1 amide bonds. The van der Waals surface area contributed by atoms with Crippen molar-refractivity contribution in [2.45, 2.75) is 19.4 Å². The molecule has 0 aromatic heterocycles. The summed E-state index contributed by atoms with van der Waals surface area (Å²) in [5.74, 6) is 0.119. The maximum atomic E-state index is 13.1.